The molecule has 2 aromatic carbocycles. The van der Waals surface area contributed by atoms with Gasteiger partial charge in [0.15, 0.2) is 27.2 Å². The number of hydrogen-bond donors (Lipinski definition) is 1. The Bertz CT molecular complexity index is 1340. The van der Waals surface area contributed by atoms with Gasteiger partial charge in [-0.1, -0.05) is 13.0 Å². The van der Waals surface area contributed by atoms with Gasteiger partial charge in [0, 0.05) is 34.7 Å². The molecule has 0 saturated heterocycles. The molecule has 0 unspecified atom stereocenters. The number of pyridine rings is 1. The van der Waals surface area contributed by atoms with Crippen molar-refractivity contribution >= 4 is 9.84 Å². The number of rotatable bonds is 8. The zero-order chi connectivity index (χ0) is 24.3. The van der Waals surface area contributed by atoms with Crippen molar-refractivity contribution in [2.45, 2.75) is 26.2 Å². The molecule has 33 heavy (non-hydrogen) atoms. The van der Waals surface area contributed by atoms with E-state index < -0.39 is 39.4 Å². The molecular weight excluding hydrogens is 466 g/mol. The summed E-state index contributed by atoms with van der Waals surface area (Å²) in [6.45, 7) is -0.407. The van der Waals surface area contributed by atoms with Gasteiger partial charge < -0.3 is 14.5 Å². The van der Waals surface area contributed by atoms with Crippen LogP contribution in [-0.4, -0.2) is 25.8 Å². The minimum Gasteiger partial charge on any atom is -0.454 e. The molecule has 1 aromatic heterocycles. The van der Waals surface area contributed by atoms with Gasteiger partial charge in [0.05, 0.1) is 5.75 Å². The van der Waals surface area contributed by atoms with Crippen LogP contribution in [0.2, 0.25) is 0 Å². The summed E-state index contributed by atoms with van der Waals surface area (Å²) in [5.41, 5.74) is -0.165. The standard InChI is InChI=1S/C22H19F4NO5S/c1-3-33(29,30)11-13-4-6-18(31-19-7-5-14(23)9-17(19)24)15(8-13)16-10-27-21(28)20(12(16)2)32-22(25)26/h4-10,22H,3,11H2,1-2H3,(H,27,28). The third-order valence-electron chi connectivity index (χ3n) is 4.78. The second-order valence-electron chi connectivity index (χ2n) is 7.05. The van der Waals surface area contributed by atoms with Crippen molar-refractivity contribution in [1.82, 2.24) is 4.98 Å². The van der Waals surface area contributed by atoms with Crippen LogP contribution < -0.4 is 15.0 Å². The number of nitrogens with one attached hydrogen (secondary N) is 1. The van der Waals surface area contributed by atoms with E-state index in [1.165, 1.54) is 38.2 Å². The van der Waals surface area contributed by atoms with Gasteiger partial charge in [-0.05, 0) is 36.8 Å². The SMILES string of the molecule is CCS(=O)(=O)Cc1ccc(Oc2ccc(F)cc2F)c(-c2c[nH]c(=O)c(OC(F)F)c2C)c1. The smallest absolute Gasteiger partial charge is 0.387 e. The second kappa shape index (κ2) is 9.65. The second-order valence-corrected chi connectivity index (χ2v) is 9.40. The highest BCUT2D eigenvalue weighted by Crippen LogP contribution is 2.38. The average molecular weight is 485 g/mol. The van der Waals surface area contributed by atoms with Gasteiger partial charge in [-0.2, -0.15) is 8.78 Å². The van der Waals surface area contributed by atoms with Crippen LogP contribution in [0.15, 0.2) is 47.4 Å². The number of aromatic amines is 1. The van der Waals surface area contributed by atoms with Crippen LogP contribution in [0.4, 0.5) is 17.6 Å². The fourth-order valence-electron chi connectivity index (χ4n) is 3.11. The van der Waals surface area contributed by atoms with Gasteiger partial charge in [-0.15, -0.1) is 0 Å². The van der Waals surface area contributed by atoms with Crippen LogP contribution >= 0.6 is 0 Å². The lowest BCUT2D eigenvalue weighted by Gasteiger charge is -2.17. The third kappa shape index (κ3) is 5.72. The molecular formula is C22H19F4NO5S. The normalized spacial score (nSPS) is 11.6. The van der Waals surface area contributed by atoms with Gasteiger partial charge in [-0.25, -0.2) is 17.2 Å². The number of ether oxygens (including phenoxy) is 2. The van der Waals surface area contributed by atoms with Crippen LogP contribution in [0.25, 0.3) is 11.1 Å². The van der Waals surface area contributed by atoms with Gasteiger partial charge in [0.25, 0.3) is 5.56 Å². The molecule has 1 N–H and O–H groups in total. The van der Waals surface area contributed by atoms with Crippen LogP contribution in [0.3, 0.4) is 0 Å². The van der Waals surface area contributed by atoms with E-state index in [4.69, 9.17) is 4.74 Å². The van der Waals surface area contributed by atoms with Crippen molar-refractivity contribution in [1.29, 1.82) is 0 Å². The number of benzene rings is 2. The Morgan fingerprint density at radius 2 is 1.73 bits per heavy atom. The number of halogens is 4. The number of sulfone groups is 1. The molecule has 0 amide bonds. The maximum absolute atomic E-state index is 14.2. The maximum Gasteiger partial charge on any atom is 0.387 e. The van der Waals surface area contributed by atoms with E-state index in [0.29, 0.717) is 11.6 Å². The van der Waals surface area contributed by atoms with Gasteiger partial charge in [-0.3, -0.25) is 4.79 Å². The van der Waals surface area contributed by atoms with E-state index in [9.17, 15) is 30.8 Å². The minimum atomic E-state index is -3.42. The van der Waals surface area contributed by atoms with Crippen molar-refractivity contribution in [3.05, 3.63) is 75.7 Å². The van der Waals surface area contributed by atoms with E-state index >= 15 is 0 Å². The molecule has 0 aliphatic carbocycles. The van der Waals surface area contributed by atoms with Crippen molar-refractivity contribution < 1.29 is 35.5 Å². The van der Waals surface area contributed by atoms with Crippen molar-refractivity contribution in [3.8, 4) is 28.4 Å². The molecule has 3 aromatic rings. The molecule has 6 nitrogen and oxygen atoms in total. The summed E-state index contributed by atoms with van der Waals surface area (Å²) in [5, 5.41) is 0. The largest absolute Gasteiger partial charge is 0.454 e. The fourth-order valence-corrected chi connectivity index (χ4v) is 4.01. The molecule has 176 valence electrons. The van der Waals surface area contributed by atoms with E-state index in [0.717, 1.165) is 12.1 Å². The molecule has 0 fully saturated rings. The van der Waals surface area contributed by atoms with Crippen LogP contribution in [0, 0.1) is 18.6 Å². The van der Waals surface area contributed by atoms with E-state index in [2.05, 4.69) is 9.72 Å². The zero-order valence-corrected chi connectivity index (χ0v) is 18.3. The van der Waals surface area contributed by atoms with Crippen LogP contribution in [0.5, 0.6) is 17.2 Å². The summed E-state index contributed by atoms with van der Waals surface area (Å²) < 4.78 is 87.1. The molecule has 1 heterocycles. The Kier molecular flexibility index (Phi) is 7.11. The predicted octanol–water partition coefficient (Wildman–Crippen LogP) is 4.96. The monoisotopic (exact) mass is 485 g/mol. The molecule has 11 heteroatoms. The average Bonchev–Trinajstić information content (AvgIpc) is 2.74. The molecule has 0 atom stereocenters. The topological polar surface area (TPSA) is 85.5 Å². The number of aromatic nitrogens is 1. The molecule has 0 saturated carbocycles. The van der Waals surface area contributed by atoms with Crippen molar-refractivity contribution in [2.24, 2.45) is 0 Å². The van der Waals surface area contributed by atoms with Gasteiger partial charge >= 0.3 is 6.61 Å². The van der Waals surface area contributed by atoms with Crippen LogP contribution in [0.1, 0.15) is 18.1 Å². The minimum absolute atomic E-state index is 0.0105. The first kappa shape index (κ1) is 24.3. The first-order chi connectivity index (χ1) is 15.5. The van der Waals surface area contributed by atoms with E-state index in [1.54, 1.807) is 0 Å². The van der Waals surface area contributed by atoms with E-state index in [1.807, 2.05) is 0 Å². The quantitative estimate of drug-likeness (QED) is 0.456. The number of alkyl halides is 2. The Morgan fingerprint density at radius 3 is 2.36 bits per heavy atom. The lowest BCUT2D eigenvalue weighted by Crippen LogP contribution is -2.16. The molecule has 0 spiro atoms. The predicted molar refractivity (Wildman–Crippen MR) is 113 cm³/mol. The lowest BCUT2D eigenvalue weighted by atomic mass is 9.99. The molecule has 3 rings (SSSR count). The molecule has 0 aliphatic heterocycles. The van der Waals surface area contributed by atoms with Crippen molar-refractivity contribution in [2.75, 3.05) is 5.75 Å². The third-order valence-corrected chi connectivity index (χ3v) is 6.43. The van der Waals surface area contributed by atoms with Gasteiger partial charge in [0.1, 0.15) is 11.6 Å². The first-order valence-electron chi connectivity index (χ1n) is 9.64. The zero-order valence-electron chi connectivity index (χ0n) is 17.5. The molecule has 0 bridgehead atoms. The summed E-state index contributed by atoms with van der Waals surface area (Å²) in [6.07, 6.45) is 1.22. The van der Waals surface area contributed by atoms with Crippen molar-refractivity contribution in [3.63, 3.8) is 0 Å². The highest BCUT2D eigenvalue weighted by atomic mass is 32.2. The fraction of sp³-hybridized carbons (Fsp3) is 0.227. The highest BCUT2D eigenvalue weighted by Gasteiger charge is 2.20. The van der Waals surface area contributed by atoms with Gasteiger partial charge in [0.2, 0.25) is 0 Å². The molecule has 0 radical (unpaired) electrons. The number of hydrogen-bond acceptors (Lipinski definition) is 5. The Labute approximate surface area is 186 Å². The Balaban J connectivity index is 2.19. The summed E-state index contributed by atoms with van der Waals surface area (Å²) >= 11 is 0. The summed E-state index contributed by atoms with van der Waals surface area (Å²) in [5.74, 6) is -3.17. The maximum atomic E-state index is 14.2. The Hall–Kier alpha value is -3.34. The number of H-pyrrole nitrogens is 1. The highest BCUT2D eigenvalue weighted by molar-refractivity contribution is 7.90. The summed E-state index contributed by atoms with van der Waals surface area (Å²) in [4.78, 5) is 14.3. The first-order valence-corrected chi connectivity index (χ1v) is 11.5. The Morgan fingerprint density at radius 1 is 1.03 bits per heavy atom. The van der Waals surface area contributed by atoms with Crippen LogP contribution in [-0.2, 0) is 15.6 Å². The summed E-state index contributed by atoms with van der Waals surface area (Å²) in [7, 11) is -3.42. The summed E-state index contributed by atoms with van der Waals surface area (Å²) in [6, 6.07) is 6.92. The molecule has 0 aliphatic rings. The lowest BCUT2D eigenvalue weighted by molar-refractivity contribution is -0.0512. The van der Waals surface area contributed by atoms with E-state index in [-0.39, 0.29) is 39.7 Å².